The predicted molar refractivity (Wildman–Crippen MR) is 98.6 cm³/mol. The summed E-state index contributed by atoms with van der Waals surface area (Å²) < 4.78 is 4.68. The van der Waals surface area contributed by atoms with Crippen LogP contribution >= 0.6 is 0 Å². The lowest BCUT2D eigenvalue weighted by atomic mass is 10.0. The molecule has 5 nitrogen and oxygen atoms in total. The Kier molecular flexibility index (Phi) is 5.39. The summed E-state index contributed by atoms with van der Waals surface area (Å²) in [6.07, 6.45) is 1.52. The van der Waals surface area contributed by atoms with Crippen LogP contribution in [0.2, 0.25) is 0 Å². The number of amides is 1. The third-order valence-corrected chi connectivity index (χ3v) is 3.92. The number of carbonyl (C=O) groups excluding carboxylic acids is 2. The Morgan fingerprint density at radius 1 is 0.923 bits per heavy atom. The third-order valence-electron chi connectivity index (χ3n) is 3.92. The Labute approximate surface area is 151 Å². The topological polar surface area (TPSA) is 68.3 Å². The summed E-state index contributed by atoms with van der Waals surface area (Å²) in [6, 6.07) is 20.5. The molecule has 0 aliphatic rings. The summed E-state index contributed by atoms with van der Waals surface area (Å²) in [4.78, 5) is 28.0. The molecule has 26 heavy (non-hydrogen) atoms. The molecule has 1 heterocycles. The van der Waals surface area contributed by atoms with Crippen molar-refractivity contribution in [1.29, 1.82) is 0 Å². The SMILES string of the molecule is COC(=O)c1ccnc(CNC(=O)c2ccc(-c3ccccc3)cc2)c1. The van der Waals surface area contributed by atoms with E-state index in [1.807, 2.05) is 42.5 Å². The fourth-order valence-electron chi connectivity index (χ4n) is 2.54. The molecule has 0 bridgehead atoms. The quantitative estimate of drug-likeness (QED) is 0.718. The fourth-order valence-corrected chi connectivity index (χ4v) is 2.54. The second-order valence-corrected chi connectivity index (χ2v) is 5.65. The monoisotopic (exact) mass is 346 g/mol. The minimum atomic E-state index is -0.434. The van der Waals surface area contributed by atoms with Crippen molar-refractivity contribution in [3.05, 3.63) is 89.7 Å². The second-order valence-electron chi connectivity index (χ2n) is 5.65. The first-order valence-corrected chi connectivity index (χ1v) is 8.14. The molecule has 3 aromatic rings. The second kappa shape index (κ2) is 8.07. The molecule has 1 amide bonds. The van der Waals surface area contributed by atoms with Gasteiger partial charge in [0.25, 0.3) is 5.91 Å². The molecule has 0 saturated carbocycles. The van der Waals surface area contributed by atoms with E-state index in [1.54, 1.807) is 24.3 Å². The zero-order valence-corrected chi connectivity index (χ0v) is 14.3. The summed E-state index contributed by atoms with van der Waals surface area (Å²) in [6.45, 7) is 0.226. The van der Waals surface area contributed by atoms with Gasteiger partial charge in [-0.05, 0) is 35.4 Å². The van der Waals surface area contributed by atoms with Crippen LogP contribution in [0.1, 0.15) is 26.4 Å². The number of carbonyl (C=O) groups is 2. The number of hydrogen-bond donors (Lipinski definition) is 1. The summed E-state index contributed by atoms with van der Waals surface area (Å²) in [5.41, 5.74) is 3.70. The van der Waals surface area contributed by atoms with Crippen LogP contribution in [0.25, 0.3) is 11.1 Å². The molecule has 0 aliphatic carbocycles. The number of hydrogen-bond acceptors (Lipinski definition) is 4. The van der Waals surface area contributed by atoms with E-state index in [9.17, 15) is 9.59 Å². The van der Waals surface area contributed by atoms with Gasteiger partial charge in [0.15, 0.2) is 0 Å². The van der Waals surface area contributed by atoms with Gasteiger partial charge in [-0.25, -0.2) is 4.79 Å². The Bertz CT molecular complexity index is 906. The lowest BCUT2D eigenvalue weighted by Crippen LogP contribution is -2.23. The molecule has 0 radical (unpaired) electrons. The van der Waals surface area contributed by atoms with E-state index in [0.717, 1.165) is 11.1 Å². The largest absolute Gasteiger partial charge is 0.465 e. The highest BCUT2D eigenvalue weighted by molar-refractivity contribution is 5.94. The van der Waals surface area contributed by atoms with E-state index in [0.29, 0.717) is 16.8 Å². The predicted octanol–water partition coefficient (Wildman–Crippen LogP) is 3.47. The minimum absolute atomic E-state index is 0.199. The summed E-state index contributed by atoms with van der Waals surface area (Å²) in [7, 11) is 1.32. The first-order valence-electron chi connectivity index (χ1n) is 8.14. The Morgan fingerprint density at radius 3 is 2.31 bits per heavy atom. The maximum atomic E-state index is 12.3. The number of esters is 1. The van der Waals surface area contributed by atoms with Crippen molar-refractivity contribution in [3.8, 4) is 11.1 Å². The third kappa shape index (κ3) is 4.13. The van der Waals surface area contributed by atoms with E-state index in [-0.39, 0.29) is 12.5 Å². The van der Waals surface area contributed by atoms with Gasteiger partial charge in [-0.3, -0.25) is 9.78 Å². The van der Waals surface area contributed by atoms with Gasteiger partial charge in [-0.1, -0.05) is 42.5 Å². The molecule has 1 aromatic heterocycles. The van der Waals surface area contributed by atoms with Crippen molar-refractivity contribution in [2.24, 2.45) is 0 Å². The van der Waals surface area contributed by atoms with Crippen LogP contribution < -0.4 is 5.32 Å². The molecule has 0 spiro atoms. The fraction of sp³-hybridized carbons (Fsp3) is 0.0952. The molecule has 1 N–H and O–H groups in total. The average molecular weight is 346 g/mol. The van der Waals surface area contributed by atoms with Gasteiger partial charge in [0.05, 0.1) is 24.9 Å². The van der Waals surface area contributed by atoms with E-state index in [4.69, 9.17) is 0 Å². The molecule has 0 fully saturated rings. The summed E-state index contributed by atoms with van der Waals surface area (Å²) in [5.74, 6) is -0.633. The van der Waals surface area contributed by atoms with Crippen molar-refractivity contribution >= 4 is 11.9 Å². The van der Waals surface area contributed by atoms with Crippen molar-refractivity contribution in [3.63, 3.8) is 0 Å². The first kappa shape index (κ1) is 17.4. The highest BCUT2D eigenvalue weighted by atomic mass is 16.5. The van der Waals surface area contributed by atoms with Gasteiger partial charge in [0.1, 0.15) is 0 Å². The maximum absolute atomic E-state index is 12.3. The van der Waals surface area contributed by atoms with Gasteiger partial charge >= 0.3 is 5.97 Å². The van der Waals surface area contributed by atoms with Gasteiger partial charge in [-0.2, -0.15) is 0 Å². The minimum Gasteiger partial charge on any atom is -0.465 e. The molecule has 0 aliphatic heterocycles. The summed E-state index contributed by atoms with van der Waals surface area (Å²) >= 11 is 0. The van der Waals surface area contributed by atoms with Crippen LogP contribution in [0.3, 0.4) is 0 Å². The molecule has 5 heteroatoms. The zero-order valence-electron chi connectivity index (χ0n) is 14.3. The highest BCUT2D eigenvalue weighted by Gasteiger charge is 2.09. The van der Waals surface area contributed by atoms with Crippen molar-refractivity contribution in [2.45, 2.75) is 6.54 Å². The molecule has 0 atom stereocenters. The van der Waals surface area contributed by atoms with Crippen LogP contribution in [-0.2, 0) is 11.3 Å². The molecular weight excluding hydrogens is 328 g/mol. The smallest absolute Gasteiger partial charge is 0.337 e. The van der Waals surface area contributed by atoms with Crippen LogP contribution in [-0.4, -0.2) is 24.0 Å². The van der Waals surface area contributed by atoms with Gasteiger partial charge in [-0.15, -0.1) is 0 Å². The number of rotatable bonds is 5. The average Bonchev–Trinajstić information content (AvgIpc) is 2.72. The molecule has 0 unspecified atom stereocenters. The van der Waals surface area contributed by atoms with E-state index in [1.165, 1.54) is 13.3 Å². The molecular formula is C21H18N2O3. The number of ether oxygens (including phenoxy) is 1. The molecule has 0 saturated heterocycles. The van der Waals surface area contributed by atoms with Crippen LogP contribution in [0.4, 0.5) is 0 Å². The van der Waals surface area contributed by atoms with Crippen molar-refractivity contribution in [2.75, 3.05) is 7.11 Å². The van der Waals surface area contributed by atoms with Gasteiger partial charge in [0, 0.05) is 11.8 Å². The molecule has 2 aromatic carbocycles. The number of nitrogens with zero attached hydrogens (tertiary/aromatic N) is 1. The standard InChI is InChI=1S/C21H18N2O3/c1-26-21(25)18-11-12-22-19(13-18)14-23-20(24)17-9-7-16(8-10-17)15-5-3-2-4-6-15/h2-13H,14H2,1H3,(H,23,24). The Hall–Kier alpha value is -3.47. The number of nitrogens with one attached hydrogen (secondary N) is 1. The Morgan fingerprint density at radius 2 is 1.62 bits per heavy atom. The van der Waals surface area contributed by atoms with E-state index >= 15 is 0 Å². The number of pyridine rings is 1. The van der Waals surface area contributed by atoms with E-state index in [2.05, 4.69) is 15.0 Å². The number of aromatic nitrogens is 1. The number of benzene rings is 2. The maximum Gasteiger partial charge on any atom is 0.337 e. The normalized spacial score (nSPS) is 10.2. The van der Waals surface area contributed by atoms with Crippen molar-refractivity contribution < 1.29 is 14.3 Å². The molecule has 3 rings (SSSR count). The first-order chi connectivity index (χ1) is 12.7. The molecule has 130 valence electrons. The summed E-state index contributed by atoms with van der Waals surface area (Å²) in [5, 5.41) is 2.81. The Balaban J connectivity index is 1.64. The van der Waals surface area contributed by atoms with Crippen LogP contribution in [0.15, 0.2) is 72.9 Å². The van der Waals surface area contributed by atoms with Gasteiger partial charge in [0.2, 0.25) is 0 Å². The zero-order chi connectivity index (χ0) is 18.4. The lowest BCUT2D eigenvalue weighted by molar-refractivity contribution is 0.0600. The lowest BCUT2D eigenvalue weighted by Gasteiger charge is -2.07. The van der Waals surface area contributed by atoms with Crippen molar-refractivity contribution in [1.82, 2.24) is 10.3 Å². The highest BCUT2D eigenvalue weighted by Crippen LogP contribution is 2.19. The van der Waals surface area contributed by atoms with Crippen LogP contribution in [0.5, 0.6) is 0 Å². The van der Waals surface area contributed by atoms with Crippen LogP contribution in [0, 0.1) is 0 Å². The van der Waals surface area contributed by atoms with Gasteiger partial charge < -0.3 is 10.1 Å². The number of methoxy groups -OCH3 is 1. The van der Waals surface area contributed by atoms with E-state index < -0.39 is 5.97 Å².